The van der Waals surface area contributed by atoms with Crippen molar-refractivity contribution in [3.63, 3.8) is 0 Å². The Morgan fingerprint density at radius 1 is 1.25 bits per heavy atom. The van der Waals surface area contributed by atoms with Gasteiger partial charge in [-0.05, 0) is 12.0 Å². The van der Waals surface area contributed by atoms with Crippen LogP contribution in [0.3, 0.4) is 0 Å². The number of amides is 1. The molecule has 1 amide bonds. The molecule has 1 aromatic rings. The van der Waals surface area contributed by atoms with E-state index in [2.05, 4.69) is 21.8 Å². The lowest BCUT2D eigenvalue weighted by Crippen LogP contribution is -2.46. The first-order chi connectivity index (χ1) is 7.83. The summed E-state index contributed by atoms with van der Waals surface area (Å²) < 4.78 is 0. The van der Waals surface area contributed by atoms with Gasteiger partial charge in [0, 0.05) is 38.6 Å². The Bertz CT molecular complexity index is 344. The van der Waals surface area contributed by atoms with E-state index in [1.807, 2.05) is 12.4 Å². The molecule has 2 rings (SSSR count). The van der Waals surface area contributed by atoms with Gasteiger partial charge in [0.05, 0.1) is 0 Å². The molecule has 2 heterocycles. The van der Waals surface area contributed by atoms with E-state index in [0.717, 1.165) is 50.5 Å². The number of piperazine rings is 1. The molecule has 0 aromatic carbocycles. The average molecular weight is 220 g/mol. The number of carbonyl (C=O) groups excluding carboxylic acids is 1. The van der Waals surface area contributed by atoms with Crippen LogP contribution in [0.15, 0.2) is 12.4 Å². The molecule has 0 spiro atoms. The fourth-order valence-corrected chi connectivity index (χ4v) is 1.72. The Kier molecular flexibility index (Phi) is 3.34. The fraction of sp³-hybridized carbons (Fsp3) is 0.545. The maximum atomic E-state index is 10.6. The van der Waals surface area contributed by atoms with Crippen molar-refractivity contribution in [1.29, 1.82) is 0 Å². The number of aryl methyl sites for hydroxylation is 1. The third-order valence-corrected chi connectivity index (χ3v) is 2.85. The molecule has 0 unspecified atom stereocenters. The van der Waals surface area contributed by atoms with Gasteiger partial charge in [0.2, 0.25) is 12.4 Å². The van der Waals surface area contributed by atoms with E-state index < -0.39 is 0 Å². The van der Waals surface area contributed by atoms with Crippen LogP contribution < -0.4 is 4.90 Å². The summed E-state index contributed by atoms with van der Waals surface area (Å²) in [5, 5.41) is 0. The third-order valence-electron chi connectivity index (χ3n) is 2.85. The highest BCUT2D eigenvalue weighted by Crippen LogP contribution is 2.10. The summed E-state index contributed by atoms with van der Waals surface area (Å²) in [6.45, 7) is 5.21. The maximum Gasteiger partial charge on any atom is 0.225 e. The second kappa shape index (κ2) is 4.92. The molecule has 1 aliphatic heterocycles. The van der Waals surface area contributed by atoms with E-state index in [1.54, 1.807) is 4.90 Å². The number of hydrogen-bond acceptors (Lipinski definition) is 4. The molecule has 5 heteroatoms. The van der Waals surface area contributed by atoms with Gasteiger partial charge in [-0.25, -0.2) is 9.97 Å². The highest BCUT2D eigenvalue weighted by Gasteiger charge is 2.17. The summed E-state index contributed by atoms with van der Waals surface area (Å²) in [7, 11) is 0. The number of nitrogens with zero attached hydrogens (tertiary/aromatic N) is 4. The second-order valence-corrected chi connectivity index (χ2v) is 3.87. The highest BCUT2D eigenvalue weighted by atomic mass is 16.1. The lowest BCUT2D eigenvalue weighted by Gasteiger charge is -2.32. The van der Waals surface area contributed by atoms with Crippen molar-refractivity contribution in [1.82, 2.24) is 14.9 Å². The van der Waals surface area contributed by atoms with Gasteiger partial charge in [-0.3, -0.25) is 4.79 Å². The molecule has 5 nitrogen and oxygen atoms in total. The first-order valence-electron chi connectivity index (χ1n) is 5.58. The van der Waals surface area contributed by atoms with Crippen molar-refractivity contribution in [3.8, 4) is 0 Å². The van der Waals surface area contributed by atoms with Gasteiger partial charge in [-0.15, -0.1) is 0 Å². The molecular formula is C11H16N4O. The predicted octanol–water partition coefficient (Wildman–Crippen LogP) is 0.317. The standard InChI is InChI=1S/C11H16N4O/c1-2-10-7-12-11(13-8-10)15-5-3-14(9-16)4-6-15/h7-9H,2-6H2,1H3. The first-order valence-corrected chi connectivity index (χ1v) is 5.58. The zero-order valence-corrected chi connectivity index (χ0v) is 9.46. The van der Waals surface area contributed by atoms with Gasteiger partial charge in [-0.2, -0.15) is 0 Å². The topological polar surface area (TPSA) is 49.3 Å². The molecule has 1 aromatic heterocycles. The first kappa shape index (κ1) is 10.9. The third kappa shape index (κ3) is 2.29. The second-order valence-electron chi connectivity index (χ2n) is 3.87. The van der Waals surface area contributed by atoms with Gasteiger partial charge in [-0.1, -0.05) is 6.92 Å². The van der Waals surface area contributed by atoms with Gasteiger partial charge < -0.3 is 9.80 Å². The van der Waals surface area contributed by atoms with Crippen molar-refractivity contribution in [2.24, 2.45) is 0 Å². The quantitative estimate of drug-likeness (QED) is 0.688. The molecule has 0 radical (unpaired) electrons. The van der Waals surface area contributed by atoms with Crippen molar-refractivity contribution < 1.29 is 4.79 Å². The molecule has 0 atom stereocenters. The van der Waals surface area contributed by atoms with Gasteiger partial charge in [0.15, 0.2) is 0 Å². The highest BCUT2D eigenvalue weighted by molar-refractivity contribution is 5.48. The summed E-state index contributed by atoms with van der Waals surface area (Å²) >= 11 is 0. The SMILES string of the molecule is CCc1cnc(N2CCN(C=O)CC2)nc1. The molecule has 0 bridgehead atoms. The number of rotatable bonds is 3. The largest absolute Gasteiger partial charge is 0.342 e. The Hall–Kier alpha value is -1.65. The Labute approximate surface area is 95.1 Å². The van der Waals surface area contributed by atoms with Crippen LogP contribution in [0.2, 0.25) is 0 Å². The summed E-state index contributed by atoms with van der Waals surface area (Å²) in [4.78, 5) is 23.1. The summed E-state index contributed by atoms with van der Waals surface area (Å²) in [5.41, 5.74) is 1.15. The van der Waals surface area contributed by atoms with Crippen LogP contribution in [0.4, 0.5) is 5.95 Å². The van der Waals surface area contributed by atoms with Crippen LogP contribution in [0, 0.1) is 0 Å². The van der Waals surface area contributed by atoms with E-state index in [9.17, 15) is 4.79 Å². The van der Waals surface area contributed by atoms with Crippen molar-refractivity contribution in [2.75, 3.05) is 31.1 Å². The molecular weight excluding hydrogens is 204 g/mol. The Balaban J connectivity index is 1.99. The Morgan fingerprint density at radius 3 is 2.38 bits per heavy atom. The number of anilines is 1. The summed E-state index contributed by atoms with van der Waals surface area (Å²) in [5.74, 6) is 0.766. The van der Waals surface area contributed by atoms with E-state index >= 15 is 0 Å². The van der Waals surface area contributed by atoms with Crippen LogP contribution in [-0.2, 0) is 11.2 Å². The van der Waals surface area contributed by atoms with Crippen LogP contribution in [0.5, 0.6) is 0 Å². The molecule has 1 aliphatic rings. The minimum Gasteiger partial charge on any atom is -0.342 e. The van der Waals surface area contributed by atoms with Crippen LogP contribution in [0.25, 0.3) is 0 Å². The van der Waals surface area contributed by atoms with Gasteiger partial charge in [0.25, 0.3) is 0 Å². The maximum absolute atomic E-state index is 10.6. The van der Waals surface area contributed by atoms with Crippen LogP contribution in [-0.4, -0.2) is 47.5 Å². The fourth-order valence-electron chi connectivity index (χ4n) is 1.72. The lowest BCUT2D eigenvalue weighted by atomic mass is 10.3. The monoisotopic (exact) mass is 220 g/mol. The van der Waals surface area contributed by atoms with Crippen LogP contribution in [0.1, 0.15) is 12.5 Å². The lowest BCUT2D eigenvalue weighted by molar-refractivity contribution is -0.118. The van der Waals surface area contributed by atoms with Crippen molar-refractivity contribution in [3.05, 3.63) is 18.0 Å². The van der Waals surface area contributed by atoms with E-state index in [4.69, 9.17) is 0 Å². The zero-order chi connectivity index (χ0) is 11.4. The molecule has 1 saturated heterocycles. The van der Waals surface area contributed by atoms with Gasteiger partial charge >= 0.3 is 0 Å². The number of hydrogen-bond donors (Lipinski definition) is 0. The minimum atomic E-state index is 0.752. The molecule has 16 heavy (non-hydrogen) atoms. The Morgan fingerprint density at radius 2 is 1.88 bits per heavy atom. The van der Waals surface area contributed by atoms with E-state index in [1.165, 1.54) is 0 Å². The smallest absolute Gasteiger partial charge is 0.225 e. The van der Waals surface area contributed by atoms with E-state index in [0.29, 0.717) is 0 Å². The van der Waals surface area contributed by atoms with Crippen LogP contribution >= 0.6 is 0 Å². The predicted molar refractivity (Wildman–Crippen MR) is 61.3 cm³/mol. The average Bonchev–Trinajstić information content (AvgIpc) is 2.39. The minimum absolute atomic E-state index is 0.752. The number of carbonyl (C=O) groups is 1. The van der Waals surface area contributed by atoms with Gasteiger partial charge in [0.1, 0.15) is 0 Å². The number of aromatic nitrogens is 2. The zero-order valence-electron chi connectivity index (χ0n) is 9.46. The molecule has 1 fully saturated rings. The molecule has 0 aliphatic carbocycles. The molecule has 0 N–H and O–H groups in total. The normalized spacial score (nSPS) is 16.3. The molecule has 0 saturated carbocycles. The van der Waals surface area contributed by atoms with Crippen molar-refractivity contribution >= 4 is 12.4 Å². The molecule has 86 valence electrons. The van der Waals surface area contributed by atoms with E-state index in [-0.39, 0.29) is 0 Å². The summed E-state index contributed by atoms with van der Waals surface area (Å²) in [6.07, 6.45) is 5.60. The summed E-state index contributed by atoms with van der Waals surface area (Å²) in [6, 6.07) is 0. The van der Waals surface area contributed by atoms with Crippen molar-refractivity contribution in [2.45, 2.75) is 13.3 Å².